The average molecular weight is 438 g/mol. The highest BCUT2D eigenvalue weighted by Gasteiger charge is 2.21. The number of aryl methyl sites for hydroxylation is 1. The lowest BCUT2D eigenvalue weighted by Crippen LogP contribution is -2.44. The van der Waals surface area contributed by atoms with E-state index in [4.69, 9.17) is 5.11 Å². The van der Waals surface area contributed by atoms with Crippen molar-refractivity contribution >= 4 is 23.4 Å². The smallest absolute Gasteiger partial charge is 0.404 e. The molecule has 0 saturated carbocycles. The molecule has 32 heavy (non-hydrogen) atoms. The number of nitrogens with one attached hydrogen (secondary N) is 3. The van der Waals surface area contributed by atoms with Crippen LogP contribution in [0, 0.1) is 24.1 Å². The summed E-state index contributed by atoms with van der Waals surface area (Å²) in [5, 5.41) is 30.9. The Morgan fingerprint density at radius 3 is 2.72 bits per heavy atom. The summed E-state index contributed by atoms with van der Waals surface area (Å²) in [4.78, 5) is 19.4. The Morgan fingerprint density at radius 2 is 2.09 bits per heavy atom. The Morgan fingerprint density at radius 1 is 1.31 bits per heavy atom. The fraction of sp³-hybridized carbons (Fsp3) is 0.286. The number of carboxylic acid groups (broad SMARTS) is 1. The molecular weight excluding hydrogens is 415 g/mol. The Kier molecular flexibility index (Phi) is 6.84. The number of halogens is 1. The highest BCUT2D eigenvalue weighted by molar-refractivity contribution is 5.66. The highest BCUT2D eigenvalue weighted by Crippen LogP contribution is 2.25. The number of pyridine rings is 2. The molecular formula is C21H23FN8O2. The zero-order chi connectivity index (χ0) is 23.3. The van der Waals surface area contributed by atoms with Crippen molar-refractivity contribution in [1.29, 1.82) is 5.26 Å². The summed E-state index contributed by atoms with van der Waals surface area (Å²) in [6.45, 7) is 5.43. The summed E-state index contributed by atoms with van der Waals surface area (Å²) < 4.78 is 16.3. The van der Waals surface area contributed by atoms with Gasteiger partial charge in [-0.15, -0.1) is 0 Å². The summed E-state index contributed by atoms with van der Waals surface area (Å²) in [6.07, 6.45) is 6.09. The maximum atomic E-state index is 14.6. The minimum absolute atomic E-state index is 0.0122. The van der Waals surface area contributed by atoms with E-state index in [1.165, 1.54) is 0 Å². The van der Waals surface area contributed by atoms with Gasteiger partial charge in [0.15, 0.2) is 17.5 Å². The highest BCUT2D eigenvalue weighted by atomic mass is 19.1. The number of nitriles is 1. The third-order valence-electron chi connectivity index (χ3n) is 4.78. The van der Waals surface area contributed by atoms with Crippen molar-refractivity contribution in [3.05, 3.63) is 53.9 Å². The van der Waals surface area contributed by atoms with E-state index < -0.39 is 24.0 Å². The van der Waals surface area contributed by atoms with Crippen molar-refractivity contribution in [1.82, 2.24) is 25.1 Å². The maximum absolute atomic E-state index is 14.6. The third kappa shape index (κ3) is 5.28. The SMILES string of the molecule is CC[C@@H](Nc1nc(Nc2cncc(-n3cc(C)cn3)c2)c(C#N)cc1F)[C@H](C)NC(=O)O. The molecule has 0 unspecified atom stereocenters. The Labute approximate surface area is 184 Å². The standard InChI is InChI=1S/C21H23FN8O2/c1-4-18(13(3)26-21(31)32)28-20-17(22)5-14(7-23)19(29-20)27-15-6-16(10-24-9-15)30-11-12(2)8-25-30/h5-6,8-11,13,18,26H,4H2,1-3H3,(H,31,32)(H2,27,28,29)/t13-,18+/m0/s1. The quantitative estimate of drug-likeness (QED) is 0.418. The van der Waals surface area contributed by atoms with E-state index in [0.717, 1.165) is 11.6 Å². The third-order valence-corrected chi connectivity index (χ3v) is 4.78. The van der Waals surface area contributed by atoms with Gasteiger partial charge in [-0.1, -0.05) is 6.92 Å². The monoisotopic (exact) mass is 438 g/mol. The Balaban J connectivity index is 1.89. The predicted octanol–water partition coefficient (Wildman–Crippen LogP) is 3.57. The van der Waals surface area contributed by atoms with Gasteiger partial charge in [0.1, 0.15) is 6.07 Å². The maximum Gasteiger partial charge on any atom is 0.404 e. The molecule has 3 rings (SSSR count). The Bertz CT molecular complexity index is 1160. The molecule has 1 amide bonds. The summed E-state index contributed by atoms with van der Waals surface area (Å²) in [7, 11) is 0. The first-order valence-corrected chi connectivity index (χ1v) is 9.91. The summed E-state index contributed by atoms with van der Waals surface area (Å²) in [6, 6.07) is 3.87. The molecule has 11 heteroatoms. The van der Waals surface area contributed by atoms with Crippen molar-refractivity contribution in [2.45, 2.75) is 39.3 Å². The van der Waals surface area contributed by atoms with Gasteiger partial charge >= 0.3 is 6.09 Å². The number of anilines is 3. The Hall–Kier alpha value is -4.20. The summed E-state index contributed by atoms with van der Waals surface area (Å²) in [5.41, 5.74) is 2.23. The van der Waals surface area contributed by atoms with Crippen LogP contribution in [0.4, 0.5) is 26.5 Å². The molecule has 0 bridgehead atoms. The van der Waals surface area contributed by atoms with Gasteiger partial charge in [-0.25, -0.2) is 18.9 Å². The molecule has 0 saturated heterocycles. The number of hydrogen-bond donors (Lipinski definition) is 4. The van der Waals surface area contributed by atoms with E-state index in [1.807, 2.05) is 26.1 Å². The topological polar surface area (TPSA) is 141 Å². The van der Waals surface area contributed by atoms with Crippen LogP contribution in [-0.2, 0) is 0 Å². The normalized spacial score (nSPS) is 12.5. The number of carbonyl (C=O) groups is 1. The first-order chi connectivity index (χ1) is 15.3. The van der Waals surface area contributed by atoms with Crippen molar-refractivity contribution in [2.24, 2.45) is 0 Å². The molecule has 0 radical (unpaired) electrons. The van der Waals surface area contributed by atoms with E-state index in [9.17, 15) is 14.4 Å². The second kappa shape index (κ2) is 9.74. The van der Waals surface area contributed by atoms with E-state index in [-0.39, 0.29) is 17.2 Å². The summed E-state index contributed by atoms with van der Waals surface area (Å²) in [5.74, 6) is -0.670. The van der Waals surface area contributed by atoms with Crippen molar-refractivity contribution in [3.63, 3.8) is 0 Å². The van der Waals surface area contributed by atoms with Crippen LogP contribution < -0.4 is 16.0 Å². The molecule has 2 atom stereocenters. The molecule has 0 spiro atoms. The number of aromatic nitrogens is 4. The molecule has 0 aliphatic carbocycles. The van der Waals surface area contributed by atoms with E-state index in [1.54, 1.807) is 36.3 Å². The zero-order valence-electron chi connectivity index (χ0n) is 17.8. The minimum Gasteiger partial charge on any atom is -0.465 e. The van der Waals surface area contributed by atoms with Gasteiger partial charge in [0.25, 0.3) is 0 Å². The zero-order valence-corrected chi connectivity index (χ0v) is 17.8. The van der Waals surface area contributed by atoms with E-state index >= 15 is 0 Å². The van der Waals surface area contributed by atoms with Gasteiger partial charge in [-0.3, -0.25) is 4.98 Å². The van der Waals surface area contributed by atoms with Crippen molar-refractivity contribution < 1.29 is 14.3 Å². The molecule has 3 aromatic rings. The van der Waals surface area contributed by atoms with Gasteiger partial charge in [-0.2, -0.15) is 10.4 Å². The van der Waals surface area contributed by atoms with Crippen LogP contribution in [-0.4, -0.2) is 43.0 Å². The van der Waals surface area contributed by atoms with E-state index in [0.29, 0.717) is 17.8 Å². The number of nitrogens with zero attached hydrogens (tertiary/aromatic N) is 5. The molecule has 3 heterocycles. The lowest BCUT2D eigenvalue weighted by molar-refractivity contribution is 0.189. The lowest BCUT2D eigenvalue weighted by Gasteiger charge is -2.25. The van der Waals surface area contributed by atoms with Crippen LogP contribution in [0.3, 0.4) is 0 Å². The van der Waals surface area contributed by atoms with Gasteiger partial charge in [0.05, 0.1) is 35.5 Å². The predicted molar refractivity (Wildman–Crippen MR) is 117 cm³/mol. The van der Waals surface area contributed by atoms with Crippen molar-refractivity contribution in [2.75, 3.05) is 10.6 Å². The summed E-state index contributed by atoms with van der Waals surface area (Å²) >= 11 is 0. The number of amides is 1. The minimum atomic E-state index is -1.17. The van der Waals surface area contributed by atoms with Crippen LogP contribution in [0.15, 0.2) is 36.9 Å². The van der Waals surface area contributed by atoms with Crippen LogP contribution in [0.25, 0.3) is 5.69 Å². The van der Waals surface area contributed by atoms with Crippen LogP contribution in [0.5, 0.6) is 0 Å². The fourth-order valence-corrected chi connectivity index (χ4v) is 3.13. The van der Waals surface area contributed by atoms with Crippen molar-refractivity contribution in [3.8, 4) is 11.8 Å². The number of rotatable bonds is 8. The fourth-order valence-electron chi connectivity index (χ4n) is 3.13. The second-order valence-electron chi connectivity index (χ2n) is 7.24. The molecule has 10 nitrogen and oxygen atoms in total. The van der Waals surface area contributed by atoms with Gasteiger partial charge < -0.3 is 21.1 Å². The molecule has 0 aliphatic rings. The largest absolute Gasteiger partial charge is 0.465 e. The number of hydrogen-bond acceptors (Lipinski definition) is 7. The average Bonchev–Trinajstić information content (AvgIpc) is 3.19. The molecule has 3 aromatic heterocycles. The first kappa shape index (κ1) is 22.5. The molecule has 166 valence electrons. The molecule has 0 aliphatic heterocycles. The lowest BCUT2D eigenvalue weighted by atomic mass is 10.1. The van der Waals surface area contributed by atoms with Crippen LogP contribution >= 0.6 is 0 Å². The van der Waals surface area contributed by atoms with Gasteiger partial charge in [0, 0.05) is 18.3 Å². The molecule has 4 N–H and O–H groups in total. The first-order valence-electron chi connectivity index (χ1n) is 9.91. The van der Waals surface area contributed by atoms with E-state index in [2.05, 4.69) is 31.0 Å². The van der Waals surface area contributed by atoms with Gasteiger partial charge in [-0.05, 0) is 38.0 Å². The second-order valence-corrected chi connectivity index (χ2v) is 7.24. The van der Waals surface area contributed by atoms with Crippen LogP contribution in [0.2, 0.25) is 0 Å². The molecule has 0 fully saturated rings. The van der Waals surface area contributed by atoms with Gasteiger partial charge in [0.2, 0.25) is 0 Å². The van der Waals surface area contributed by atoms with Crippen LogP contribution in [0.1, 0.15) is 31.4 Å². The molecule has 0 aromatic carbocycles.